The summed E-state index contributed by atoms with van der Waals surface area (Å²) in [6, 6.07) is -1.62. The summed E-state index contributed by atoms with van der Waals surface area (Å²) >= 11 is 0. The number of hydrogen-bond acceptors (Lipinski definition) is 7. The quantitative estimate of drug-likeness (QED) is 0.353. The number of hydrogen-bond donors (Lipinski definition) is 4. The molecule has 0 aromatic rings. The van der Waals surface area contributed by atoms with Gasteiger partial charge in [0, 0.05) is 27.3 Å². The van der Waals surface area contributed by atoms with E-state index in [1.54, 1.807) is 6.92 Å². The highest BCUT2D eigenvalue weighted by Gasteiger charge is 2.44. The van der Waals surface area contributed by atoms with Crippen LogP contribution in [-0.2, 0) is 28.5 Å². The Hall–Kier alpha value is -1.69. The lowest BCUT2D eigenvalue weighted by Crippen LogP contribution is -2.64. The van der Waals surface area contributed by atoms with E-state index < -0.39 is 36.7 Å². The summed E-state index contributed by atoms with van der Waals surface area (Å²) in [5.74, 6) is -1.09. The number of ether oxygens (including phenoxy) is 2. The first-order chi connectivity index (χ1) is 12.2. The van der Waals surface area contributed by atoms with Gasteiger partial charge < -0.3 is 35.2 Å². The highest BCUT2D eigenvalue weighted by Crippen LogP contribution is 2.24. The minimum Gasteiger partial charge on any atom is -0.440 e. The van der Waals surface area contributed by atoms with Crippen LogP contribution in [-0.4, -0.2) is 81.2 Å². The van der Waals surface area contributed by atoms with Gasteiger partial charge in [-0.1, -0.05) is 0 Å². The summed E-state index contributed by atoms with van der Waals surface area (Å²) < 4.78 is 16.0. The second-order valence-corrected chi connectivity index (χ2v) is 6.05. The minimum atomic E-state index is -1.06. The molecule has 0 bridgehead atoms. The molecule has 0 spiro atoms. The van der Waals surface area contributed by atoms with Gasteiger partial charge in [0.15, 0.2) is 6.29 Å². The first-order valence-electron chi connectivity index (χ1n) is 8.27. The van der Waals surface area contributed by atoms with Gasteiger partial charge >= 0.3 is 0 Å². The van der Waals surface area contributed by atoms with Crippen LogP contribution in [0.3, 0.4) is 0 Å². The molecule has 11 heteroatoms. The lowest BCUT2D eigenvalue weighted by atomic mass is 9.96. The molecule has 1 aliphatic heterocycles. The van der Waals surface area contributed by atoms with Gasteiger partial charge in [0.2, 0.25) is 17.7 Å². The largest absolute Gasteiger partial charge is 0.440 e. The average Bonchev–Trinajstić information content (AvgIpc) is 2.57. The summed E-state index contributed by atoms with van der Waals surface area (Å²) in [6.45, 7) is 4.26. The summed E-state index contributed by atoms with van der Waals surface area (Å²) in [4.78, 5) is 34.4. The van der Waals surface area contributed by atoms with Crippen LogP contribution in [0, 0.1) is 0 Å². The SMILES string of the molecule is [B]O[C@H]1[C@@H](O)[C@@H](C)O[C@H](OCCC(NC(C)=O)C(=O)NC)[C@@H]1NC(C)=O. The predicted octanol–water partition coefficient (Wildman–Crippen LogP) is -2.28. The fourth-order valence-corrected chi connectivity index (χ4v) is 2.69. The first-order valence-corrected chi connectivity index (χ1v) is 8.27. The number of nitrogens with one attached hydrogen (secondary N) is 3. The maximum atomic E-state index is 11.8. The van der Waals surface area contributed by atoms with Gasteiger partial charge in [-0.2, -0.15) is 0 Å². The molecule has 26 heavy (non-hydrogen) atoms. The monoisotopic (exact) mass is 371 g/mol. The normalized spacial score (nSPS) is 29.5. The molecule has 0 aliphatic carbocycles. The zero-order valence-electron chi connectivity index (χ0n) is 15.4. The van der Waals surface area contributed by atoms with Crippen LogP contribution in [0.4, 0.5) is 0 Å². The molecule has 1 rings (SSSR count). The first kappa shape index (κ1) is 22.4. The molecule has 1 aliphatic rings. The van der Waals surface area contributed by atoms with E-state index in [-0.39, 0.29) is 30.7 Å². The number of carbonyl (C=O) groups excluding carboxylic acids is 3. The van der Waals surface area contributed by atoms with E-state index in [2.05, 4.69) is 16.0 Å². The van der Waals surface area contributed by atoms with Crippen molar-refractivity contribution in [2.45, 2.75) is 63.9 Å². The summed E-state index contributed by atoms with van der Waals surface area (Å²) in [5, 5.41) is 17.7. The van der Waals surface area contributed by atoms with E-state index >= 15 is 0 Å². The topological polar surface area (TPSA) is 135 Å². The van der Waals surface area contributed by atoms with Crippen LogP contribution >= 0.6 is 0 Å². The fourth-order valence-electron chi connectivity index (χ4n) is 2.69. The zero-order valence-corrected chi connectivity index (χ0v) is 15.4. The van der Waals surface area contributed by atoms with Crippen molar-refractivity contribution in [3.05, 3.63) is 0 Å². The smallest absolute Gasteiger partial charge is 0.283 e. The Morgan fingerprint density at radius 3 is 2.42 bits per heavy atom. The number of rotatable bonds is 8. The number of aliphatic hydroxyl groups is 1. The Morgan fingerprint density at radius 2 is 1.92 bits per heavy atom. The predicted molar refractivity (Wildman–Crippen MR) is 90.8 cm³/mol. The van der Waals surface area contributed by atoms with Crippen LogP contribution < -0.4 is 16.0 Å². The molecule has 0 aromatic heterocycles. The Bertz CT molecular complexity index is 508. The van der Waals surface area contributed by atoms with Crippen molar-refractivity contribution in [1.82, 2.24) is 16.0 Å². The number of amides is 3. The molecule has 1 fully saturated rings. The molecular weight excluding hydrogens is 345 g/mol. The fraction of sp³-hybridized carbons (Fsp3) is 0.800. The molecule has 4 N–H and O–H groups in total. The van der Waals surface area contributed by atoms with Crippen molar-refractivity contribution < 1.29 is 33.6 Å². The number of aliphatic hydroxyl groups excluding tert-OH is 1. The lowest BCUT2D eigenvalue weighted by Gasteiger charge is -2.43. The molecular formula is C15H26BN3O7. The molecule has 6 atom stereocenters. The lowest BCUT2D eigenvalue weighted by molar-refractivity contribution is -0.256. The molecule has 0 saturated carbocycles. The van der Waals surface area contributed by atoms with Gasteiger partial charge in [-0.05, 0) is 6.92 Å². The van der Waals surface area contributed by atoms with Crippen molar-refractivity contribution in [2.75, 3.05) is 13.7 Å². The Labute approximate surface area is 153 Å². The second kappa shape index (κ2) is 10.5. The van der Waals surface area contributed by atoms with E-state index in [4.69, 9.17) is 22.2 Å². The van der Waals surface area contributed by atoms with Crippen molar-refractivity contribution in [2.24, 2.45) is 0 Å². The average molecular weight is 371 g/mol. The van der Waals surface area contributed by atoms with Gasteiger partial charge in [0.05, 0.1) is 18.8 Å². The molecule has 0 aromatic carbocycles. The van der Waals surface area contributed by atoms with Crippen LogP contribution in [0.1, 0.15) is 27.2 Å². The number of carbonyl (C=O) groups is 3. The highest BCUT2D eigenvalue weighted by atomic mass is 16.7. The number of likely N-dealkylation sites (N-methyl/N-ethyl adjacent to an activating group) is 1. The van der Waals surface area contributed by atoms with Crippen LogP contribution in [0.15, 0.2) is 0 Å². The van der Waals surface area contributed by atoms with Gasteiger partial charge in [0.1, 0.15) is 18.2 Å². The third kappa shape index (κ3) is 6.24. The molecule has 1 unspecified atom stereocenters. The summed E-state index contributed by atoms with van der Waals surface area (Å²) in [6.07, 6.45) is -3.42. The van der Waals surface area contributed by atoms with Gasteiger partial charge in [-0.15, -0.1) is 0 Å². The van der Waals surface area contributed by atoms with Crippen molar-refractivity contribution in [1.29, 1.82) is 0 Å². The molecule has 2 radical (unpaired) electrons. The van der Waals surface area contributed by atoms with E-state index in [1.165, 1.54) is 20.9 Å². The second-order valence-electron chi connectivity index (χ2n) is 6.05. The van der Waals surface area contributed by atoms with Crippen LogP contribution in [0.25, 0.3) is 0 Å². The molecule has 146 valence electrons. The summed E-state index contributed by atoms with van der Waals surface area (Å²) in [5.41, 5.74) is 0. The van der Waals surface area contributed by atoms with E-state index in [0.29, 0.717) is 0 Å². The molecule has 10 nitrogen and oxygen atoms in total. The van der Waals surface area contributed by atoms with Gasteiger partial charge in [-0.25, -0.2) is 0 Å². The van der Waals surface area contributed by atoms with Crippen molar-refractivity contribution in [3.63, 3.8) is 0 Å². The third-order valence-corrected chi connectivity index (χ3v) is 3.97. The molecule has 1 saturated heterocycles. The van der Waals surface area contributed by atoms with E-state index in [0.717, 1.165) is 0 Å². The maximum Gasteiger partial charge on any atom is 0.283 e. The van der Waals surface area contributed by atoms with Crippen molar-refractivity contribution >= 4 is 25.8 Å². The standard InChI is InChI=1S/C15H26BN3O7/c1-7-12(22)13(26-16)11(19-9(3)21)15(25-7)24-6-5-10(14(23)17-4)18-8(2)20/h7,10-13,15,22H,5-6H2,1-4H3,(H,17,23)(H,18,20)(H,19,21)/t7-,10?,11-,12+,13-,15+/m1/s1. The van der Waals surface area contributed by atoms with Crippen LogP contribution in [0.2, 0.25) is 0 Å². The Morgan fingerprint density at radius 1 is 1.27 bits per heavy atom. The third-order valence-electron chi connectivity index (χ3n) is 3.97. The van der Waals surface area contributed by atoms with Crippen molar-refractivity contribution in [3.8, 4) is 0 Å². The molecule has 3 amide bonds. The van der Waals surface area contributed by atoms with Crippen LogP contribution in [0.5, 0.6) is 0 Å². The maximum absolute atomic E-state index is 11.8. The van der Waals surface area contributed by atoms with Gasteiger partial charge in [-0.3, -0.25) is 14.4 Å². The molecule has 1 heterocycles. The minimum absolute atomic E-state index is 0.0409. The highest BCUT2D eigenvalue weighted by molar-refractivity contribution is 5.98. The summed E-state index contributed by atoms with van der Waals surface area (Å²) in [7, 11) is 6.71. The Balaban J connectivity index is 2.75. The van der Waals surface area contributed by atoms with Gasteiger partial charge in [0.25, 0.3) is 8.05 Å². The van der Waals surface area contributed by atoms with E-state index in [9.17, 15) is 19.5 Å². The van der Waals surface area contributed by atoms with E-state index in [1.807, 2.05) is 0 Å². The Kier molecular flexibility index (Phi) is 8.99. The zero-order chi connectivity index (χ0) is 19.9.